The van der Waals surface area contributed by atoms with E-state index >= 15 is 0 Å². The van der Waals surface area contributed by atoms with Gasteiger partial charge in [0.25, 0.3) is 0 Å². The summed E-state index contributed by atoms with van der Waals surface area (Å²) in [6.07, 6.45) is 6.99. The van der Waals surface area contributed by atoms with Gasteiger partial charge in [-0.3, -0.25) is 0 Å². The lowest BCUT2D eigenvalue weighted by atomic mass is 10.1. The first kappa shape index (κ1) is 20.1. The maximum atomic E-state index is 14.6. The Labute approximate surface area is 162 Å². The van der Waals surface area contributed by atoms with Gasteiger partial charge in [0.05, 0.1) is 12.9 Å². The molecule has 0 N–H and O–H groups in total. The van der Waals surface area contributed by atoms with Crippen LogP contribution in [0.15, 0.2) is 30.9 Å². The van der Waals surface area contributed by atoms with Gasteiger partial charge < -0.3 is 13.7 Å². The van der Waals surface area contributed by atoms with Crippen LogP contribution in [-0.2, 0) is 23.8 Å². The van der Waals surface area contributed by atoms with Crippen molar-refractivity contribution in [2.24, 2.45) is 5.92 Å². The Morgan fingerprint density at radius 3 is 2.70 bits per heavy atom. The van der Waals surface area contributed by atoms with Crippen LogP contribution in [0.5, 0.6) is 5.75 Å². The minimum atomic E-state index is -1.77. The molecule has 27 heavy (non-hydrogen) atoms. The highest BCUT2D eigenvalue weighted by Gasteiger charge is 2.38. The zero-order valence-electron chi connectivity index (χ0n) is 17.1. The van der Waals surface area contributed by atoms with E-state index in [1.165, 1.54) is 6.07 Å². The van der Waals surface area contributed by atoms with Gasteiger partial charge in [0.2, 0.25) is 0 Å². The number of imidazole rings is 1. The van der Waals surface area contributed by atoms with Gasteiger partial charge >= 0.3 is 0 Å². The fourth-order valence-corrected chi connectivity index (χ4v) is 4.27. The lowest BCUT2D eigenvalue weighted by Gasteiger charge is -2.37. The van der Waals surface area contributed by atoms with Crippen LogP contribution in [-0.4, -0.2) is 31.1 Å². The molecule has 4 nitrogen and oxygen atoms in total. The van der Waals surface area contributed by atoms with E-state index in [0.717, 1.165) is 24.0 Å². The Hall–Kier alpha value is -1.66. The van der Waals surface area contributed by atoms with Crippen molar-refractivity contribution >= 4 is 8.32 Å². The third-order valence-electron chi connectivity index (χ3n) is 5.93. The van der Waals surface area contributed by atoms with Gasteiger partial charge in [0.1, 0.15) is 18.2 Å². The second kappa shape index (κ2) is 7.76. The van der Waals surface area contributed by atoms with Crippen molar-refractivity contribution in [3.05, 3.63) is 47.8 Å². The molecule has 0 aliphatic heterocycles. The Balaban J connectivity index is 1.57. The minimum Gasteiger partial charge on any atom is -0.492 e. The van der Waals surface area contributed by atoms with Gasteiger partial charge in [-0.05, 0) is 54.1 Å². The van der Waals surface area contributed by atoms with E-state index in [2.05, 4.69) is 38.8 Å². The monoisotopic (exact) mass is 390 g/mol. The highest BCUT2D eigenvalue weighted by atomic mass is 28.4. The Morgan fingerprint density at radius 1 is 1.26 bits per heavy atom. The average Bonchev–Trinajstić information content (AvgIpc) is 3.21. The molecule has 1 aliphatic carbocycles. The SMILES string of the molecule is CC(C)(C)[Si](C)(C)OCC1Cc2cc(OCCn3ccnc3)cc(F)c2C1. The first-order valence-electron chi connectivity index (χ1n) is 9.69. The van der Waals surface area contributed by atoms with E-state index in [0.29, 0.717) is 31.4 Å². The Bertz CT molecular complexity index is 769. The van der Waals surface area contributed by atoms with Crippen molar-refractivity contribution in [1.82, 2.24) is 9.55 Å². The van der Waals surface area contributed by atoms with Crippen LogP contribution in [0.1, 0.15) is 31.9 Å². The van der Waals surface area contributed by atoms with Gasteiger partial charge in [-0.15, -0.1) is 0 Å². The summed E-state index contributed by atoms with van der Waals surface area (Å²) in [6.45, 7) is 13.2. The molecule has 1 aromatic heterocycles. The van der Waals surface area contributed by atoms with Crippen molar-refractivity contribution < 1.29 is 13.6 Å². The van der Waals surface area contributed by atoms with E-state index in [1.807, 2.05) is 16.8 Å². The fourth-order valence-electron chi connectivity index (χ4n) is 3.18. The average molecular weight is 391 g/mol. The molecule has 2 aromatic rings. The highest BCUT2D eigenvalue weighted by Crippen LogP contribution is 2.38. The Morgan fingerprint density at radius 2 is 2.04 bits per heavy atom. The molecule has 0 bridgehead atoms. The van der Waals surface area contributed by atoms with Crippen LogP contribution >= 0.6 is 0 Å². The molecule has 0 saturated heterocycles. The summed E-state index contributed by atoms with van der Waals surface area (Å²) < 4.78 is 28.6. The van der Waals surface area contributed by atoms with Crippen LogP contribution < -0.4 is 4.74 Å². The smallest absolute Gasteiger partial charge is 0.191 e. The van der Waals surface area contributed by atoms with Crippen LogP contribution in [0.3, 0.4) is 0 Å². The molecule has 1 atom stereocenters. The topological polar surface area (TPSA) is 36.3 Å². The zero-order chi connectivity index (χ0) is 19.7. The Kier molecular flexibility index (Phi) is 5.77. The molecule has 148 valence electrons. The van der Waals surface area contributed by atoms with E-state index in [4.69, 9.17) is 9.16 Å². The van der Waals surface area contributed by atoms with Crippen molar-refractivity contribution in [3.8, 4) is 5.75 Å². The predicted octanol–water partition coefficient (Wildman–Crippen LogP) is 4.84. The maximum Gasteiger partial charge on any atom is 0.191 e. The number of nitrogens with zero attached hydrogens (tertiary/aromatic N) is 2. The molecular weight excluding hydrogens is 359 g/mol. The summed E-state index contributed by atoms with van der Waals surface area (Å²) in [5.41, 5.74) is 1.90. The van der Waals surface area contributed by atoms with Gasteiger partial charge in [-0.2, -0.15) is 0 Å². The van der Waals surface area contributed by atoms with Gasteiger partial charge in [0.15, 0.2) is 8.32 Å². The lowest BCUT2D eigenvalue weighted by molar-refractivity contribution is 0.232. The molecular formula is C21H31FN2O2Si. The summed E-state index contributed by atoms with van der Waals surface area (Å²) in [7, 11) is -1.77. The molecule has 1 heterocycles. The lowest BCUT2D eigenvalue weighted by Crippen LogP contribution is -2.42. The van der Waals surface area contributed by atoms with Crippen molar-refractivity contribution in [1.29, 1.82) is 0 Å². The van der Waals surface area contributed by atoms with Crippen LogP contribution in [0, 0.1) is 11.7 Å². The number of halogens is 1. The first-order chi connectivity index (χ1) is 12.7. The van der Waals surface area contributed by atoms with E-state index < -0.39 is 8.32 Å². The number of ether oxygens (including phenoxy) is 1. The molecule has 1 aliphatic rings. The van der Waals surface area contributed by atoms with E-state index in [-0.39, 0.29) is 10.9 Å². The van der Waals surface area contributed by atoms with E-state index in [1.54, 1.807) is 12.5 Å². The number of benzene rings is 1. The van der Waals surface area contributed by atoms with Crippen LogP contribution in [0.4, 0.5) is 4.39 Å². The van der Waals surface area contributed by atoms with Crippen molar-refractivity contribution in [2.45, 2.75) is 58.3 Å². The highest BCUT2D eigenvalue weighted by molar-refractivity contribution is 6.74. The number of fused-ring (bicyclic) bond motifs is 1. The van der Waals surface area contributed by atoms with Crippen molar-refractivity contribution in [3.63, 3.8) is 0 Å². The number of hydrogen-bond acceptors (Lipinski definition) is 3. The third-order valence-corrected chi connectivity index (χ3v) is 10.4. The molecule has 1 aromatic carbocycles. The normalized spacial score (nSPS) is 17.2. The molecule has 0 spiro atoms. The number of aromatic nitrogens is 2. The summed E-state index contributed by atoms with van der Waals surface area (Å²) in [6, 6.07) is 3.52. The first-order valence-corrected chi connectivity index (χ1v) is 12.6. The molecule has 3 rings (SSSR count). The molecule has 0 amide bonds. The summed E-state index contributed by atoms with van der Waals surface area (Å²) in [5, 5.41) is 0.194. The largest absolute Gasteiger partial charge is 0.492 e. The minimum absolute atomic E-state index is 0.153. The summed E-state index contributed by atoms with van der Waals surface area (Å²) >= 11 is 0. The summed E-state index contributed by atoms with van der Waals surface area (Å²) in [5.74, 6) is 0.808. The molecule has 0 saturated carbocycles. The second-order valence-electron chi connectivity index (χ2n) is 9.04. The quantitative estimate of drug-likeness (QED) is 0.635. The molecule has 0 radical (unpaired) electrons. The number of hydrogen-bond donors (Lipinski definition) is 0. The van der Waals surface area contributed by atoms with Gasteiger partial charge in [0, 0.05) is 25.1 Å². The van der Waals surface area contributed by atoms with Crippen LogP contribution in [0.2, 0.25) is 18.1 Å². The standard InChI is InChI=1S/C21H31FN2O2Si/c1-21(2,3)27(4,5)26-14-16-10-17-12-18(13-20(22)19(17)11-16)25-9-8-24-7-6-23-15-24/h6-7,12-13,15-16H,8-11,14H2,1-5H3. The van der Waals surface area contributed by atoms with E-state index in [9.17, 15) is 4.39 Å². The summed E-state index contributed by atoms with van der Waals surface area (Å²) in [4.78, 5) is 4.01. The van der Waals surface area contributed by atoms with Crippen LogP contribution in [0.25, 0.3) is 0 Å². The van der Waals surface area contributed by atoms with Gasteiger partial charge in [-0.25, -0.2) is 9.37 Å². The maximum absolute atomic E-state index is 14.6. The molecule has 1 unspecified atom stereocenters. The predicted molar refractivity (Wildman–Crippen MR) is 108 cm³/mol. The molecule has 0 fully saturated rings. The second-order valence-corrected chi connectivity index (χ2v) is 13.8. The van der Waals surface area contributed by atoms with Gasteiger partial charge in [-0.1, -0.05) is 20.8 Å². The molecule has 6 heteroatoms. The van der Waals surface area contributed by atoms with Crippen molar-refractivity contribution in [2.75, 3.05) is 13.2 Å². The third kappa shape index (κ3) is 4.79. The fraction of sp³-hybridized carbons (Fsp3) is 0.571. The number of rotatable bonds is 7. The zero-order valence-corrected chi connectivity index (χ0v) is 18.1.